The van der Waals surface area contributed by atoms with E-state index < -0.39 is 0 Å². The van der Waals surface area contributed by atoms with Crippen molar-refractivity contribution in [2.45, 2.75) is 44.1 Å². The summed E-state index contributed by atoms with van der Waals surface area (Å²) in [6.07, 6.45) is 4.90. The molecule has 3 heterocycles. The van der Waals surface area contributed by atoms with E-state index in [1.807, 2.05) is 0 Å². The Kier molecular flexibility index (Phi) is 3.02. The minimum Gasteiger partial charge on any atom is -0.398 e. The molecule has 3 rings (SSSR count). The first-order valence-electron chi connectivity index (χ1n) is 6.52. The summed E-state index contributed by atoms with van der Waals surface area (Å²) in [5.74, 6) is -0.172. The number of aromatic nitrogens is 1. The summed E-state index contributed by atoms with van der Waals surface area (Å²) in [6, 6.07) is 2.98. The summed E-state index contributed by atoms with van der Waals surface area (Å²) in [5, 5.41) is 2.94. The van der Waals surface area contributed by atoms with E-state index in [2.05, 4.69) is 5.32 Å². The van der Waals surface area contributed by atoms with Gasteiger partial charge in [-0.3, -0.25) is 9.59 Å². The zero-order valence-electron chi connectivity index (χ0n) is 10.5. The van der Waals surface area contributed by atoms with Gasteiger partial charge in [0.2, 0.25) is 5.91 Å². The molecule has 2 bridgehead atoms. The Morgan fingerprint density at radius 2 is 2.32 bits per heavy atom. The number of nitrogen functional groups attached to an aromatic ring is 1. The second-order valence-electron chi connectivity index (χ2n) is 5.21. The smallest absolute Gasteiger partial charge is 0.251 e. The van der Waals surface area contributed by atoms with Crippen LogP contribution in [0.4, 0.5) is 5.69 Å². The van der Waals surface area contributed by atoms with Crippen LogP contribution in [-0.4, -0.2) is 28.7 Å². The van der Waals surface area contributed by atoms with Crippen LogP contribution in [0, 0.1) is 0 Å². The molecule has 1 amide bonds. The van der Waals surface area contributed by atoms with Gasteiger partial charge in [-0.05, 0) is 25.3 Å². The summed E-state index contributed by atoms with van der Waals surface area (Å²) in [7, 11) is 0. The average molecular weight is 263 g/mol. The van der Waals surface area contributed by atoms with Crippen LogP contribution >= 0.6 is 0 Å². The molecule has 0 saturated carbocycles. The maximum atomic E-state index is 11.9. The number of carbonyl (C=O) groups excluding carboxylic acids is 1. The summed E-state index contributed by atoms with van der Waals surface area (Å²) in [6.45, 7) is -0.00222. The molecule has 2 aliphatic heterocycles. The number of fused-ring (bicyclic) bond motifs is 2. The van der Waals surface area contributed by atoms with Crippen LogP contribution in [0.15, 0.2) is 23.1 Å². The van der Waals surface area contributed by atoms with E-state index in [0.717, 1.165) is 19.3 Å². The van der Waals surface area contributed by atoms with Crippen LogP contribution in [0.1, 0.15) is 19.3 Å². The predicted octanol–water partition coefficient (Wildman–Crippen LogP) is -0.133. The number of rotatable bonds is 3. The molecular formula is C13H17N3O3. The molecule has 0 spiro atoms. The number of hydrogen-bond acceptors (Lipinski definition) is 4. The molecule has 3 N–H and O–H groups in total. The fourth-order valence-electron chi connectivity index (χ4n) is 2.87. The second-order valence-corrected chi connectivity index (χ2v) is 5.21. The third-order valence-electron chi connectivity index (χ3n) is 3.77. The van der Waals surface area contributed by atoms with Gasteiger partial charge in [-0.25, -0.2) is 0 Å². The number of carbonyl (C=O) groups is 1. The molecule has 0 radical (unpaired) electrons. The molecule has 6 nitrogen and oxygen atoms in total. The first kappa shape index (κ1) is 12.2. The maximum absolute atomic E-state index is 11.9. The molecule has 1 aromatic heterocycles. The summed E-state index contributed by atoms with van der Waals surface area (Å²) in [5.41, 5.74) is 5.84. The van der Waals surface area contributed by atoms with Gasteiger partial charge in [0.25, 0.3) is 5.56 Å². The van der Waals surface area contributed by atoms with Crippen LogP contribution in [-0.2, 0) is 16.1 Å². The third-order valence-corrected chi connectivity index (χ3v) is 3.77. The largest absolute Gasteiger partial charge is 0.398 e. The highest BCUT2D eigenvalue weighted by Gasteiger charge is 2.41. The number of anilines is 1. The lowest BCUT2D eigenvalue weighted by atomic mass is 9.95. The zero-order valence-corrected chi connectivity index (χ0v) is 10.5. The lowest BCUT2D eigenvalue weighted by Gasteiger charge is -2.20. The standard InChI is InChI=1S/C13H17N3O3/c14-8-1-4-13(18)16(6-8)7-12(17)15-10-5-9-2-3-11(10)19-9/h1,4,6,9-11H,2-3,5,7,14H2,(H,15,17). The van der Waals surface area contributed by atoms with Crippen LogP contribution in [0.2, 0.25) is 0 Å². The van der Waals surface area contributed by atoms with Gasteiger partial charge >= 0.3 is 0 Å². The highest BCUT2D eigenvalue weighted by atomic mass is 16.5. The summed E-state index contributed by atoms with van der Waals surface area (Å²) < 4.78 is 6.99. The van der Waals surface area contributed by atoms with Crippen molar-refractivity contribution in [3.8, 4) is 0 Å². The molecule has 102 valence electrons. The van der Waals surface area contributed by atoms with Crippen LogP contribution in [0.5, 0.6) is 0 Å². The molecule has 6 heteroatoms. The van der Waals surface area contributed by atoms with Crippen molar-refractivity contribution in [1.29, 1.82) is 0 Å². The normalized spacial score (nSPS) is 28.5. The van der Waals surface area contributed by atoms with Gasteiger partial charge in [-0.1, -0.05) is 0 Å². The van der Waals surface area contributed by atoms with E-state index in [4.69, 9.17) is 10.5 Å². The Morgan fingerprint density at radius 3 is 3.00 bits per heavy atom. The molecule has 1 aromatic rings. The number of nitrogens with one attached hydrogen (secondary N) is 1. The van der Waals surface area contributed by atoms with Gasteiger partial charge in [0, 0.05) is 18.0 Å². The van der Waals surface area contributed by atoms with Crippen LogP contribution in [0.3, 0.4) is 0 Å². The van der Waals surface area contributed by atoms with E-state index in [-0.39, 0.29) is 30.2 Å². The molecule has 19 heavy (non-hydrogen) atoms. The molecule has 3 unspecified atom stereocenters. The van der Waals surface area contributed by atoms with E-state index >= 15 is 0 Å². The Labute approximate surface area is 110 Å². The Bertz CT molecular complexity index is 554. The van der Waals surface area contributed by atoms with Gasteiger partial charge in [0.05, 0.1) is 18.2 Å². The number of pyridine rings is 1. The van der Waals surface area contributed by atoms with Crippen molar-refractivity contribution in [2.75, 3.05) is 5.73 Å². The lowest BCUT2D eigenvalue weighted by Crippen LogP contribution is -2.43. The van der Waals surface area contributed by atoms with E-state index in [1.54, 1.807) is 0 Å². The van der Waals surface area contributed by atoms with Gasteiger partial charge in [-0.15, -0.1) is 0 Å². The highest BCUT2D eigenvalue weighted by Crippen LogP contribution is 2.34. The molecule has 2 aliphatic rings. The fourth-order valence-corrected chi connectivity index (χ4v) is 2.87. The molecule has 3 atom stereocenters. The fraction of sp³-hybridized carbons (Fsp3) is 0.538. The van der Waals surface area contributed by atoms with Gasteiger partial charge in [0.1, 0.15) is 6.54 Å². The first-order chi connectivity index (χ1) is 9.11. The predicted molar refractivity (Wildman–Crippen MR) is 69.6 cm³/mol. The van der Waals surface area contributed by atoms with Gasteiger partial charge in [0.15, 0.2) is 0 Å². The SMILES string of the molecule is Nc1ccc(=O)n(CC(=O)NC2CC3CCC2O3)c1. The van der Waals surface area contributed by atoms with E-state index in [0.29, 0.717) is 11.8 Å². The zero-order chi connectivity index (χ0) is 13.4. The Morgan fingerprint density at radius 1 is 1.47 bits per heavy atom. The monoisotopic (exact) mass is 263 g/mol. The molecular weight excluding hydrogens is 246 g/mol. The highest BCUT2D eigenvalue weighted by molar-refractivity contribution is 5.76. The van der Waals surface area contributed by atoms with Crippen molar-refractivity contribution in [3.05, 3.63) is 28.7 Å². The second kappa shape index (κ2) is 4.70. The van der Waals surface area contributed by atoms with E-state index in [1.165, 1.54) is 22.9 Å². The average Bonchev–Trinajstić information content (AvgIpc) is 2.96. The summed E-state index contributed by atoms with van der Waals surface area (Å²) in [4.78, 5) is 23.5. The van der Waals surface area contributed by atoms with Gasteiger partial charge in [-0.2, -0.15) is 0 Å². The molecule has 2 fully saturated rings. The number of ether oxygens (including phenoxy) is 1. The first-order valence-corrected chi connectivity index (χ1v) is 6.52. The Balaban J connectivity index is 1.62. The topological polar surface area (TPSA) is 86.4 Å². The quantitative estimate of drug-likeness (QED) is 0.795. The van der Waals surface area contributed by atoms with Crippen molar-refractivity contribution in [1.82, 2.24) is 9.88 Å². The van der Waals surface area contributed by atoms with Crippen LogP contribution in [0.25, 0.3) is 0 Å². The molecule has 0 aliphatic carbocycles. The lowest BCUT2D eigenvalue weighted by molar-refractivity contribution is -0.122. The number of hydrogen-bond donors (Lipinski definition) is 2. The minimum absolute atomic E-state index is 0.00222. The maximum Gasteiger partial charge on any atom is 0.251 e. The van der Waals surface area contributed by atoms with Gasteiger partial charge < -0.3 is 20.4 Å². The number of amides is 1. The van der Waals surface area contributed by atoms with Crippen LogP contribution < -0.4 is 16.6 Å². The van der Waals surface area contributed by atoms with Crippen molar-refractivity contribution >= 4 is 11.6 Å². The van der Waals surface area contributed by atoms with Crippen molar-refractivity contribution in [2.24, 2.45) is 0 Å². The Hall–Kier alpha value is -1.82. The number of nitrogens with zero attached hydrogens (tertiary/aromatic N) is 1. The van der Waals surface area contributed by atoms with Crippen molar-refractivity contribution < 1.29 is 9.53 Å². The third kappa shape index (κ3) is 2.49. The van der Waals surface area contributed by atoms with Crippen molar-refractivity contribution in [3.63, 3.8) is 0 Å². The van der Waals surface area contributed by atoms with E-state index in [9.17, 15) is 9.59 Å². The minimum atomic E-state index is -0.228. The molecule has 0 aromatic carbocycles. The number of nitrogens with two attached hydrogens (primary N) is 1. The molecule has 2 saturated heterocycles. The summed E-state index contributed by atoms with van der Waals surface area (Å²) >= 11 is 0.